The van der Waals surface area contributed by atoms with Crippen molar-refractivity contribution in [2.24, 2.45) is 0 Å². The topological polar surface area (TPSA) is 72.0 Å². The molecule has 0 aliphatic heterocycles. The number of carbonyl (C=O) groups is 1. The number of esters is 1. The Morgan fingerprint density at radius 1 is 1.21 bits per heavy atom. The third-order valence-corrected chi connectivity index (χ3v) is 3.99. The van der Waals surface area contributed by atoms with Crippen LogP contribution >= 0.6 is 11.6 Å². The first-order valence-corrected chi connectivity index (χ1v) is 7.84. The van der Waals surface area contributed by atoms with E-state index >= 15 is 0 Å². The van der Waals surface area contributed by atoms with Crippen LogP contribution in [-0.2, 0) is 16.0 Å². The number of rotatable bonds is 4. The summed E-state index contributed by atoms with van der Waals surface area (Å²) in [6.45, 7) is 1.66. The molecule has 0 fully saturated rings. The van der Waals surface area contributed by atoms with Gasteiger partial charge in [0.15, 0.2) is 11.9 Å². The van der Waals surface area contributed by atoms with Crippen LogP contribution in [0.1, 0.15) is 24.4 Å². The lowest BCUT2D eigenvalue weighted by atomic mass is 10.1. The predicted molar refractivity (Wildman–Crippen MR) is 92.0 cm³/mol. The van der Waals surface area contributed by atoms with Gasteiger partial charge >= 0.3 is 5.97 Å². The van der Waals surface area contributed by atoms with Crippen LogP contribution < -0.4 is 5.56 Å². The van der Waals surface area contributed by atoms with Crippen molar-refractivity contribution in [3.8, 4) is 0 Å². The van der Waals surface area contributed by atoms with E-state index in [1.54, 1.807) is 55.5 Å². The molecule has 0 unspecified atom stereocenters. The molecule has 122 valence electrons. The molecule has 2 aromatic carbocycles. The van der Waals surface area contributed by atoms with Crippen LogP contribution in [0.4, 0.5) is 0 Å². The van der Waals surface area contributed by atoms with Crippen molar-refractivity contribution in [2.45, 2.75) is 19.4 Å². The molecule has 0 saturated heterocycles. The average Bonchev–Trinajstić information content (AvgIpc) is 2.57. The second kappa shape index (κ2) is 6.84. The number of carbonyl (C=O) groups excluding carboxylic acids is 1. The monoisotopic (exact) mass is 342 g/mol. The van der Waals surface area contributed by atoms with Crippen molar-refractivity contribution in [1.29, 1.82) is 0 Å². The number of ether oxygens (including phenoxy) is 1. The minimum Gasteiger partial charge on any atom is -0.454 e. The maximum atomic E-state index is 12.1. The van der Waals surface area contributed by atoms with Crippen LogP contribution in [0.15, 0.2) is 53.3 Å². The quantitative estimate of drug-likeness (QED) is 0.737. The second-order valence-corrected chi connectivity index (χ2v) is 5.78. The molecule has 0 saturated carbocycles. The third kappa shape index (κ3) is 3.46. The van der Waals surface area contributed by atoms with E-state index in [9.17, 15) is 9.59 Å². The summed E-state index contributed by atoms with van der Waals surface area (Å²) >= 11 is 6.04. The van der Waals surface area contributed by atoms with Crippen LogP contribution in [0.25, 0.3) is 10.9 Å². The number of nitrogens with zero attached hydrogens (tertiary/aromatic N) is 1. The average molecular weight is 343 g/mol. The number of halogens is 1. The lowest BCUT2D eigenvalue weighted by Crippen LogP contribution is -2.18. The van der Waals surface area contributed by atoms with Crippen molar-refractivity contribution >= 4 is 28.5 Å². The highest BCUT2D eigenvalue weighted by molar-refractivity contribution is 6.31. The number of aromatic amines is 1. The number of para-hydroxylation sites is 1. The van der Waals surface area contributed by atoms with Crippen molar-refractivity contribution in [3.63, 3.8) is 0 Å². The molecule has 1 aromatic heterocycles. The Bertz CT molecular complexity index is 952. The SMILES string of the molecule is C[C@H](OC(=O)Cc1ccccc1Cl)c1nc2ccccc2c(=O)[nH]1. The zero-order valence-corrected chi connectivity index (χ0v) is 13.7. The fraction of sp³-hybridized carbons (Fsp3) is 0.167. The maximum Gasteiger partial charge on any atom is 0.311 e. The first-order valence-electron chi connectivity index (χ1n) is 7.46. The fourth-order valence-electron chi connectivity index (χ4n) is 2.39. The van der Waals surface area contributed by atoms with Gasteiger partial charge in [0.05, 0.1) is 17.3 Å². The van der Waals surface area contributed by atoms with Gasteiger partial charge < -0.3 is 9.72 Å². The third-order valence-electron chi connectivity index (χ3n) is 3.62. The summed E-state index contributed by atoms with van der Waals surface area (Å²) in [7, 11) is 0. The van der Waals surface area contributed by atoms with Crippen molar-refractivity contribution in [2.75, 3.05) is 0 Å². The number of H-pyrrole nitrogens is 1. The van der Waals surface area contributed by atoms with E-state index in [4.69, 9.17) is 16.3 Å². The van der Waals surface area contributed by atoms with Crippen LogP contribution in [0, 0.1) is 0 Å². The van der Waals surface area contributed by atoms with E-state index in [0.29, 0.717) is 27.3 Å². The summed E-state index contributed by atoms with van der Waals surface area (Å²) in [5, 5.41) is 1.01. The van der Waals surface area contributed by atoms with Gasteiger partial charge in [0, 0.05) is 5.02 Å². The van der Waals surface area contributed by atoms with E-state index in [0.717, 1.165) is 0 Å². The summed E-state index contributed by atoms with van der Waals surface area (Å²) < 4.78 is 5.37. The molecule has 0 amide bonds. The van der Waals surface area contributed by atoms with Crippen molar-refractivity contribution in [3.05, 3.63) is 75.3 Å². The highest BCUT2D eigenvalue weighted by Crippen LogP contribution is 2.18. The summed E-state index contributed by atoms with van der Waals surface area (Å²) in [6.07, 6.45) is -0.612. The summed E-state index contributed by atoms with van der Waals surface area (Å²) in [6, 6.07) is 14.1. The zero-order chi connectivity index (χ0) is 17.1. The molecular formula is C18H15ClN2O3. The molecule has 0 bridgehead atoms. The minimum atomic E-state index is -0.669. The molecule has 6 heteroatoms. The van der Waals surface area contributed by atoms with Gasteiger partial charge in [-0.15, -0.1) is 0 Å². The van der Waals surface area contributed by atoms with Crippen molar-refractivity contribution in [1.82, 2.24) is 9.97 Å². The van der Waals surface area contributed by atoms with Gasteiger partial charge in [-0.3, -0.25) is 9.59 Å². The molecular weight excluding hydrogens is 328 g/mol. The molecule has 24 heavy (non-hydrogen) atoms. The smallest absolute Gasteiger partial charge is 0.311 e. The first kappa shape index (κ1) is 16.2. The normalized spacial score (nSPS) is 12.1. The van der Waals surface area contributed by atoms with E-state index in [2.05, 4.69) is 9.97 Å². The molecule has 0 radical (unpaired) electrons. The van der Waals surface area contributed by atoms with E-state index < -0.39 is 12.1 Å². The van der Waals surface area contributed by atoms with E-state index in [1.807, 2.05) is 0 Å². The number of nitrogens with one attached hydrogen (secondary N) is 1. The van der Waals surface area contributed by atoms with Crippen molar-refractivity contribution < 1.29 is 9.53 Å². The number of hydrogen-bond donors (Lipinski definition) is 1. The fourth-order valence-corrected chi connectivity index (χ4v) is 2.59. The Morgan fingerprint density at radius 2 is 1.92 bits per heavy atom. The van der Waals surface area contributed by atoms with Gasteiger partial charge in [-0.25, -0.2) is 4.98 Å². The lowest BCUT2D eigenvalue weighted by Gasteiger charge is -2.13. The molecule has 5 nitrogen and oxygen atoms in total. The Labute approximate surface area is 143 Å². The van der Waals surface area contributed by atoms with Gasteiger partial charge in [-0.1, -0.05) is 41.9 Å². The Morgan fingerprint density at radius 3 is 2.71 bits per heavy atom. The molecule has 3 aromatic rings. The molecule has 1 N–H and O–H groups in total. The summed E-state index contributed by atoms with van der Waals surface area (Å²) in [5.41, 5.74) is 0.992. The Balaban J connectivity index is 1.77. The van der Waals surface area contributed by atoms with Gasteiger partial charge in [0.1, 0.15) is 0 Å². The molecule has 0 aliphatic carbocycles. The highest BCUT2D eigenvalue weighted by atomic mass is 35.5. The molecule has 1 atom stereocenters. The summed E-state index contributed by atoms with van der Waals surface area (Å²) in [5.74, 6) is -0.127. The predicted octanol–water partition coefficient (Wildman–Crippen LogP) is 3.42. The molecule has 1 heterocycles. The van der Waals surface area contributed by atoms with Crippen LogP contribution in [0.5, 0.6) is 0 Å². The van der Waals surface area contributed by atoms with Gasteiger partial charge in [-0.2, -0.15) is 0 Å². The van der Waals surface area contributed by atoms with Gasteiger partial charge in [0.25, 0.3) is 5.56 Å². The van der Waals surface area contributed by atoms with Crippen LogP contribution in [-0.4, -0.2) is 15.9 Å². The second-order valence-electron chi connectivity index (χ2n) is 5.37. The van der Waals surface area contributed by atoms with E-state index in [1.165, 1.54) is 0 Å². The number of benzene rings is 2. The van der Waals surface area contributed by atoms with E-state index in [-0.39, 0.29) is 12.0 Å². The maximum absolute atomic E-state index is 12.1. The molecule has 3 rings (SSSR count). The largest absolute Gasteiger partial charge is 0.454 e. The zero-order valence-electron chi connectivity index (χ0n) is 13.0. The number of aromatic nitrogens is 2. The minimum absolute atomic E-state index is 0.0574. The number of hydrogen-bond acceptors (Lipinski definition) is 4. The Hall–Kier alpha value is -2.66. The molecule has 0 spiro atoms. The number of fused-ring (bicyclic) bond motifs is 1. The first-order chi connectivity index (χ1) is 11.5. The van der Waals surface area contributed by atoms with Gasteiger partial charge in [-0.05, 0) is 30.7 Å². The van der Waals surface area contributed by atoms with Crippen LogP contribution in [0.3, 0.4) is 0 Å². The highest BCUT2D eigenvalue weighted by Gasteiger charge is 2.16. The van der Waals surface area contributed by atoms with Crippen LogP contribution in [0.2, 0.25) is 5.02 Å². The molecule has 0 aliphatic rings. The Kier molecular flexibility index (Phi) is 4.62. The standard InChI is InChI=1S/C18H15ClN2O3/c1-11(24-16(22)10-12-6-2-4-8-14(12)19)17-20-15-9-5-3-7-13(15)18(23)21-17/h2-9,11H,10H2,1H3,(H,20,21,23)/t11-/m0/s1. The lowest BCUT2D eigenvalue weighted by molar-refractivity contribution is -0.148. The summed E-state index contributed by atoms with van der Waals surface area (Å²) in [4.78, 5) is 31.2. The van der Waals surface area contributed by atoms with Gasteiger partial charge in [0.2, 0.25) is 0 Å².